The summed E-state index contributed by atoms with van der Waals surface area (Å²) in [6.07, 6.45) is 1.28. The second kappa shape index (κ2) is 7.45. The molecule has 2 N–H and O–H groups in total. The predicted molar refractivity (Wildman–Crippen MR) is 94.5 cm³/mol. The Labute approximate surface area is 142 Å². The van der Waals surface area contributed by atoms with Crippen LogP contribution in [0.1, 0.15) is 12.0 Å². The molecule has 0 spiro atoms. The van der Waals surface area contributed by atoms with Crippen LogP contribution in [0.4, 0.5) is 0 Å². The molecule has 0 aromatic heterocycles. The van der Waals surface area contributed by atoms with Crippen LogP contribution in [-0.2, 0) is 16.0 Å². The van der Waals surface area contributed by atoms with Gasteiger partial charge in [-0.15, -0.1) is 0 Å². The Hall–Kier alpha value is -2.40. The van der Waals surface area contributed by atoms with Gasteiger partial charge in [0.25, 0.3) is 0 Å². The molecule has 5 nitrogen and oxygen atoms in total. The van der Waals surface area contributed by atoms with Gasteiger partial charge in [-0.3, -0.25) is 14.5 Å². The Bertz CT molecular complexity index is 736. The van der Waals surface area contributed by atoms with Gasteiger partial charge in [0.2, 0.25) is 11.8 Å². The highest BCUT2D eigenvalue weighted by Gasteiger charge is 2.21. The summed E-state index contributed by atoms with van der Waals surface area (Å²) in [5.41, 5.74) is 6.40. The zero-order valence-corrected chi connectivity index (χ0v) is 13.8. The second-order valence-electron chi connectivity index (χ2n) is 6.30. The van der Waals surface area contributed by atoms with E-state index in [1.54, 1.807) is 0 Å². The number of nitrogens with zero attached hydrogens (tertiary/aromatic N) is 2. The highest BCUT2D eigenvalue weighted by Crippen LogP contribution is 2.17. The molecular formula is C19H23N3O2. The molecule has 126 valence electrons. The van der Waals surface area contributed by atoms with Crippen molar-refractivity contribution in [1.82, 2.24) is 9.80 Å². The number of primary amides is 1. The van der Waals surface area contributed by atoms with Gasteiger partial charge in [-0.2, -0.15) is 0 Å². The van der Waals surface area contributed by atoms with Crippen LogP contribution in [0, 0.1) is 0 Å². The first-order valence-electron chi connectivity index (χ1n) is 8.38. The number of fused-ring (bicyclic) bond motifs is 1. The molecule has 1 fully saturated rings. The molecule has 24 heavy (non-hydrogen) atoms. The molecule has 3 rings (SSSR count). The SMILES string of the molecule is NC(=O)CN1CCN(C(=O)CCc2ccc3ccccc3c2)CC1. The number of rotatable bonds is 5. The summed E-state index contributed by atoms with van der Waals surface area (Å²) in [6.45, 7) is 3.04. The summed E-state index contributed by atoms with van der Waals surface area (Å²) in [5.74, 6) is -0.132. The molecular weight excluding hydrogens is 302 g/mol. The molecule has 0 saturated carbocycles. The minimum atomic E-state index is -0.314. The van der Waals surface area contributed by atoms with E-state index >= 15 is 0 Å². The van der Waals surface area contributed by atoms with Crippen molar-refractivity contribution in [3.05, 3.63) is 48.0 Å². The van der Waals surface area contributed by atoms with Crippen molar-refractivity contribution in [3.63, 3.8) is 0 Å². The number of carbonyl (C=O) groups excluding carboxylic acids is 2. The van der Waals surface area contributed by atoms with Crippen molar-refractivity contribution in [2.45, 2.75) is 12.8 Å². The molecule has 2 amide bonds. The lowest BCUT2D eigenvalue weighted by molar-refractivity contribution is -0.133. The van der Waals surface area contributed by atoms with Crippen LogP contribution >= 0.6 is 0 Å². The van der Waals surface area contributed by atoms with Gasteiger partial charge in [0.15, 0.2) is 0 Å². The Morgan fingerprint density at radius 2 is 1.67 bits per heavy atom. The zero-order valence-electron chi connectivity index (χ0n) is 13.8. The van der Waals surface area contributed by atoms with E-state index in [1.807, 2.05) is 21.9 Å². The first-order chi connectivity index (χ1) is 11.6. The fraction of sp³-hybridized carbons (Fsp3) is 0.368. The summed E-state index contributed by atoms with van der Waals surface area (Å²) in [6, 6.07) is 14.6. The van der Waals surface area contributed by atoms with Crippen molar-refractivity contribution in [2.24, 2.45) is 5.73 Å². The van der Waals surface area contributed by atoms with E-state index in [0.29, 0.717) is 32.6 Å². The van der Waals surface area contributed by atoms with E-state index in [-0.39, 0.29) is 18.4 Å². The Balaban J connectivity index is 1.51. The minimum absolute atomic E-state index is 0.182. The Morgan fingerprint density at radius 1 is 0.958 bits per heavy atom. The molecule has 1 heterocycles. The standard InChI is InChI=1S/C19H23N3O2/c20-18(23)14-21-9-11-22(12-10-21)19(24)8-6-15-5-7-16-3-1-2-4-17(16)13-15/h1-5,7,13H,6,8-12,14H2,(H2,20,23). The van der Waals surface area contributed by atoms with Gasteiger partial charge >= 0.3 is 0 Å². The molecule has 2 aromatic rings. The van der Waals surface area contributed by atoms with Gasteiger partial charge in [-0.05, 0) is 22.8 Å². The maximum atomic E-state index is 12.4. The quantitative estimate of drug-likeness (QED) is 0.904. The number of benzene rings is 2. The first-order valence-corrected chi connectivity index (χ1v) is 8.38. The summed E-state index contributed by atoms with van der Waals surface area (Å²) >= 11 is 0. The third-order valence-corrected chi connectivity index (χ3v) is 4.55. The van der Waals surface area contributed by atoms with Crippen molar-refractivity contribution in [1.29, 1.82) is 0 Å². The highest BCUT2D eigenvalue weighted by molar-refractivity contribution is 5.83. The van der Waals surface area contributed by atoms with Crippen molar-refractivity contribution in [2.75, 3.05) is 32.7 Å². The average Bonchev–Trinajstić information content (AvgIpc) is 2.59. The molecule has 5 heteroatoms. The molecule has 0 atom stereocenters. The highest BCUT2D eigenvalue weighted by atomic mass is 16.2. The number of aryl methyl sites for hydroxylation is 1. The molecule has 1 aliphatic heterocycles. The lowest BCUT2D eigenvalue weighted by atomic mass is 10.0. The average molecular weight is 325 g/mol. The summed E-state index contributed by atoms with van der Waals surface area (Å²) < 4.78 is 0. The van der Waals surface area contributed by atoms with E-state index in [2.05, 4.69) is 30.3 Å². The molecule has 2 aromatic carbocycles. The van der Waals surface area contributed by atoms with Crippen LogP contribution in [0.15, 0.2) is 42.5 Å². The van der Waals surface area contributed by atoms with Crippen LogP contribution in [0.25, 0.3) is 10.8 Å². The van der Waals surface area contributed by atoms with E-state index < -0.39 is 0 Å². The van der Waals surface area contributed by atoms with Crippen LogP contribution in [0.5, 0.6) is 0 Å². The second-order valence-corrected chi connectivity index (χ2v) is 6.30. The van der Waals surface area contributed by atoms with Gasteiger partial charge in [0.05, 0.1) is 6.54 Å². The summed E-state index contributed by atoms with van der Waals surface area (Å²) in [5, 5.41) is 2.43. The first kappa shape index (κ1) is 16.5. The Morgan fingerprint density at radius 3 is 2.38 bits per heavy atom. The van der Waals surface area contributed by atoms with Crippen molar-refractivity contribution in [3.8, 4) is 0 Å². The van der Waals surface area contributed by atoms with Gasteiger partial charge in [-0.1, -0.05) is 42.5 Å². The van der Waals surface area contributed by atoms with E-state index in [0.717, 1.165) is 6.42 Å². The predicted octanol–water partition coefficient (Wildman–Crippen LogP) is 1.40. The molecule has 1 aliphatic rings. The van der Waals surface area contributed by atoms with Crippen molar-refractivity contribution < 1.29 is 9.59 Å². The van der Waals surface area contributed by atoms with Gasteiger partial charge in [0, 0.05) is 32.6 Å². The van der Waals surface area contributed by atoms with Crippen LogP contribution in [0.3, 0.4) is 0 Å². The van der Waals surface area contributed by atoms with E-state index in [4.69, 9.17) is 5.73 Å². The molecule has 0 unspecified atom stereocenters. The fourth-order valence-corrected chi connectivity index (χ4v) is 3.18. The van der Waals surface area contributed by atoms with Crippen LogP contribution < -0.4 is 5.73 Å². The fourth-order valence-electron chi connectivity index (χ4n) is 3.18. The maximum absolute atomic E-state index is 12.4. The molecule has 0 radical (unpaired) electrons. The monoisotopic (exact) mass is 325 g/mol. The van der Waals surface area contributed by atoms with Gasteiger partial charge in [-0.25, -0.2) is 0 Å². The normalized spacial score (nSPS) is 15.6. The lowest BCUT2D eigenvalue weighted by Gasteiger charge is -2.34. The van der Waals surface area contributed by atoms with Crippen molar-refractivity contribution >= 4 is 22.6 Å². The van der Waals surface area contributed by atoms with Gasteiger partial charge < -0.3 is 10.6 Å². The largest absolute Gasteiger partial charge is 0.369 e. The van der Waals surface area contributed by atoms with Gasteiger partial charge in [0.1, 0.15) is 0 Å². The summed E-state index contributed by atoms with van der Waals surface area (Å²) in [7, 11) is 0. The number of amides is 2. The van der Waals surface area contributed by atoms with E-state index in [9.17, 15) is 9.59 Å². The topological polar surface area (TPSA) is 66.6 Å². The van der Waals surface area contributed by atoms with Crippen LogP contribution in [-0.4, -0.2) is 54.3 Å². The zero-order chi connectivity index (χ0) is 16.9. The molecule has 1 saturated heterocycles. The molecule has 0 aliphatic carbocycles. The maximum Gasteiger partial charge on any atom is 0.231 e. The Kier molecular flexibility index (Phi) is 5.11. The number of hydrogen-bond donors (Lipinski definition) is 1. The number of carbonyl (C=O) groups is 2. The van der Waals surface area contributed by atoms with E-state index in [1.165, 1.54) is 16.3 Å². The number of hydrogen-bond acceptors (Lipinski definition) is 3. The smallest absolute Gasteiger partial charge is 0.231 e. The summed E-state index contributed by atoms with van der Waals surface area (Å²) in [4.78, 5) is 27.2. The van der Waals surface area contributed by atoms with Crippen LogP contribution in [0.2, 0.25) is 0 Å². The number of piperazine rings is 1. The molecule has 0 bridgehead atoms. The minimum Gasteiger partial charge on any atom is -0.369 e. The number of nitrogens with two attached hydrogens (primary N) is 1. The lowest BCUT2D eigenvalue weighted by Crippen LogP contribution is -2.50. The third-order valence-electron chi connectivity index (χ3n) is 4.55. The third kappa shape index (κ3) is 4.11.